The van der Waals surface area contributed by atoms with Crippen LogP contribution in [-0.2, 0) is 16.0 Å². The molecule has 7 nitrogen and oxygen atoms in total. The normalized spacial score (nSPS) is 20.6. The number of carbonyl (C=O) groups excluding carboxylic acids is 1. The lowest BCUT2D eigenvalue weighted by Gasteiger charge is -2.13. The summed E-state index contributed by atoms with van der Waals surface area (Å²) < 4.78 is 0.506. The van der Waals surface area contributed by atoms with Crippen molar-refractivity contribution >= 4 is 33.5 Å². The van der Waals surface area contributed by atoms with Crippen LogP contribution in [0.1, 0.15) is 24.8 Å². The van der Waals surface area contributed by atoms with Crippen LogP contribution in [0.5, 0.6) is 0 Å². The van der Waals surface area contributed by atoms with Gasteiger partial charge in [-0.05, 0) is 24.8 Å². The first kappa shape index (κ1) is 16.4. The minimum absolute atomic E-state index is 0.0453. The molecule has 118 valence electrons. The van der Waals surface area contributed by atoms with Crippen LogP contribution in [0.2, 0.25) is 0 Å². The Morgan fingerprint density at radius 2 is 2.14 bits per heavy atom. The third kappa shape index (κ3) is 4.03. The van der Waals surface area contributed by atoms with Crippen LogP contribution < -0.4 is 5.32 Å². The number of nitro benzene ring substituents is 1. The van der Waals surface area contributed by atoms with Gasteiger partial charge in [0.15, 0.2) is 0 Å². The van der Waals surface area contributed by atoms with Crippen molar-refractivity contribution in [1.29, 1.82) is 0 Å². The number of non-ortho nitro benzene ring substituents is 1. The average Bonchev–Trinajstić information content (AvgIpc) is 2.89. The number of carbonyl (C=O) groups is 2. The summed E-state index contributed by atoms with van der Waals surface area (Å²) in [7, 11) is 0. The van der Waals surface area contributed by atoms with Crippen LogP contribution in [0, 0.1) is 16.0 Å². The predicted octanol–water partition coefficient (Wildman–Crippen LogP) is 2.27. The number of nitrogens with zero attached hydrogens (tertiary/aromatic N) is 1. The Hall–Kier alpha value is -1.96. The van der Waals surface area contributed by atoms with Gasteiger partial charge in [-0.2, -0.15) is 0 Å². The van der Waals surface area contributed by atoms with Crippen molar-refractivity contribution in [1.82, 2.24) is 5.32 Å². The SMILES string of the molecule is O=C(Cc1ccc([N+](=O)[O-])cc1Br)N[C@H]1CC[C@@H](C(=O)O)C1. The van der Waals surface area contributed by atoms with Gasteiger partial charge in [0, 0.05) is 22.6 Å². The second kappa shape index (κ2) is 6.87. The van der Waals surface area contributed by atoms with Crippen LogP contribution in [0.3, 0.4) is 0 Å². The quantitative estimate of drug-likeness (QED) is 0.610. The van der Waals surface area contributed by atoms with E-state index >= 15 is 0 Å². The number of nitro groups is 1. The zero-order valence-electron chi connectivity index (χ0n) is 11.6. The Balaban J connectivity index is 1.93. The first-order valence-electron chi connectivity index (χ1n) is 6.82. The molecule has 1 amide bonds. The molecular formula is C14H15BrN2O5. The number of halogens is 1. The van der Waals surface area contributed by atoms with Crippen molar-refractivity contribution in [3.63, 3.8) is 0 Å². The zero-order valence-corrected chi connectivity index (χ0v) is 13.2. The van der Waals surface area contributed by atoms with E-state index in [1.165, 1.54) is 18.2 Å². The molecule has 0 radical (unpaired) electrons. The molecule has 0 saturated heterocycles. The lowest BCUT2D eigenvalue weighted by Crippen LogP contribution is -2.34. The molecule has 22 heavy (non-hydrogen) atoms. The van der Waals surface area contributed by atoms with Crippen LogP contribution in [-0.4, -0.2) is 27.9 Å². The van der Waals surface area contributed by atoms with Crippen molar-refractivity contribution in [3.8, 4) is 0 Å². The highest BCUT2D eigenvalue weighted by Crippen LogP contribution is 2.26. The highest BCUT2D eigenvalue weighted by Gasteiger charge is 2.30. The molecule has 1 aliphatic rings. The monoisotopic (exact) mass is 370 g/mol. The summed E-state index contributed by atoms with van der Waals surface area (Å²) >= 11 is 3.22. The van der Waals surface area contributed by atoms with Crippen molar-refractivity contribution in [3.05, 3.63) is 38.3 Å². The number of rotatable bonds is 5. The fraction of sp³-hybridized carbons (Fsp3) is 0.429. The van der Waals surface area contributed by atoms with Gasteiger partial charge in [0.05, 0.1) is 17.3 Å². The fourth-order valence-electron chi connectivity index (χ4n) is 2.58. The summed E-state index contributed by atoms with van der Waals surface area (Å²) in [6, 6.07) is 4.13. The fourth-order valence-corrected chi connectivity index (χ4v) is 3.09. The van der Waals surface area contributed by atoms with Gasteiger partial charge in [-0.1, -0.05) is 22.0 Å². The first-order valence-corrected chi connectivity index (χ1v) is 7.61. The van der Waals surface area contributed by atoms with Crippen LogP contribution in [0.25, 0.3) is 0 Å². The molecule has 2 rings (SSSR count). The largest absolute Gasteiger partial charge is 0.481 e. The first-order chi connectivity index (χ1) is 10.4. The molecule has 0 bridgehead atoms. The molecule has 0 aliphatic heterocycles. The summed E-state index contributed by atoms with van der Waals surface area (Å²) in [5, 5.41) is 22.4. The summed E-state index contributed by atoms with van der Waals surface area (Å²) in [5.41, 5.74) is 0.604. The third-order valence-electron chi connectivity index (χ3n) is 3.75. The lowest BCUT2D eigenvalue weighted by atomic mass is 10.1. The molecular weight excluding hydrogens is 356 g/mol. The number of amides is 1. The van der Waals surface area contributed by atoms with Crippen molar-refractivity contribution in [2.45, 2.75) is 31.7 Å². The zero-order chi connectivity index (χ0) is 16.3. The molecule has 8 heteroatoms. The number of aliphatic carboxylic acids is 1. The molecule has 0 spiro atoms. The van der Waals surface area contributed by atoms with E-state index in [4.69, 9.17) is 5.11 Å². The highest BCUT2D eigenvalue weighted by atomic mass is 79.9. The number of hydrogen-bond acceptors (Lipinski definition) is 4. The van der Waals surface area contributed by atoms with E-state index in [0.717, 1.165) is 0 Å². The van der Waals surface area contributed by atoms with E-state index in [-0.39, 0.29) is 24.1 Å². The van der Waals surface area contributed by atoms with E-state index < -0.39 is 16.8 Å². The van der Waals surface area contributed by atoms with Crippen molar-refractivity contribution in [2.24, 2.45) is 5.92 Å². The predicted molar refractivity (Wildman–Crippen MR) is 81.4 cm³/mol. The molecule has 1 fully saturated rings. The van der Waals surface area contributed by atoms with Gasteiger partial charge >= 0.3 is 5.97 Å². The molecule has 0 heterocycles. The van der Waals surface area contributed by atoms with Gasteiger partial charge in [0.25, 0.3) is 5.69 Å². The van der Waals surface area contributed by atoms with E-state index in [2.05, 4.69) is 21.2 Å². The van der Waals surface area contributed by atoms with E-state index in [9.17, 15) is 19.7 Å². The molecule has 1 saturated carbocycles. The molecule has 2 atom stereocenters. The number of carboxylic acids is 1. The summed E-state index contributed by atoms with van der Waals surface area (Å²) in [6.45, 7) is 0. The topological polar surface area (TPSA) is 110 Å². The van der Waals surface area contributed by atoms with E-state index in [0.29, 0.717) is 29.3 Å². The highest BCUT2D eigenvalue weighted by molar-refractivity contribution is 9.10. The number of benzene rings is 1. The minimum Gasteiger partial charge on any atom is -0.481 e. The Kier molecular flexibility index (Phi) is 5.12. The Labute approximate surface area is 135 Å². The maximum absolute atomic E-state index is 12.0. The van der Waals surface area contributed by atoms with Gasteiger partial charge in [-0.15, -0.1) is 0 Å². The second-order valence-corrected chi connectivity index (χ2v) is 6.18. The summed E-state index contributed by atoms with van der Waals surface area (Å²) in [4.78, 5) is 33.0. The Morgan fingerprint density at radius 1 is 1.41 bits per heavy atom. The van der Waals surface area contributed by atoms with Gasteiger partial charge in [-0.3, -0.25) is 19.7 Å². The average molecular weight is 371 g/mol. The summed E-state index contributed by atoms with van der Waals surface area (Å²) in [5.74, 6) is -1.43. The van der Waals surface area contributed by atoms with Gasteiger partial charge < -0.3 is 10.4 Å². The van der Waals surface area contributed by atoms with Crippen molar-refractivity contribution < 1.29 is 19.6 Å². The maximum Gasteiger partial charge on any atom is 0.306 e. The van der Waals surface area contributed by atoms with Crippen LogP contribution in [0.15, 0.2) is 22.7 Å². The van der Waals surface area contributed by atoms with Gasteiger partial charge in [-0.25, -0.2) is 0 Å². The summed E-state index contributed by atoms with van der Waals surface area (Å²) in [6.07, 6.45) is 1.76. The van der Waals surface area contributed by atoms with E-state index in [1.54, 1.807) is 0 Å². The number of nitrogens with one attached hydrogen (secondary N) is 1. The van der Waals surface area contributed by atoms with E-state index in [1.807, 2.05) is 0 Å². The van der Waals surface area contributed by atoms with Gasteiger partial charge in [0.2, 0.25) is 5.91 Å². The van der Waals surface area contributed by atoms with Crippen LogP contribution in [0.4, 0.5) is 5.69 Å². The molecule has 1 aromatic carbocycles. The molecule has 0 unspecified atom stereocenters. The molecule has 1 aliphatic carbocycles. The Bertz CT molecular complexity index is 619. The third-order valence-corrected chi connectivity index (χ3v) is 4.48. The Morgan fingerprint density at radius 3 is 2.68 bits per heavy atom. The molecule has 2 N–H and O–H groups in total. The minimum atomic E-state index is -0.824. The number of hydrogen-bond donors (Lipinski definition) is 2. The molecule has 1 aromatic rings. The number of carboxylic acid groups (broad SMARTS) is 1. The van der Waals surface area contributed by atoms with Crippen LogP contribution >= 0.6 is 15.9 Å². The van der Waals surface area contributed by atoms with Crippen molar-refractivity contribution in [2.75, 3.05) is 0 Å². The second-order valence-electron chi connectivity index (χ2n) is 5.32. The lowest BCUT2D eigenvalue weighted by molar-refractivity contribution is -0.384. The smallest absolute Gasteiger partial charge is 0.306 e. The maximum atomic E-state index is 12.0. The molecule has 0 aromatic heterocycles. The van der Waals surface area contributed by atoms with Gasteiger partial charge in [0.1, 0.15) is 0 Å². The standard InChI is InChI=1S/C14H15BrN2O5/c15-12-7-11(17(21)22)4-2-8(12)6-13(18)16-10-3-1-9(5-10)14(19)20/h2,4,7,9-10H,1,3,5-6H2,(H,16,18)(H,19,20)/t9-,10+/m1/s1.